The highest BCUT2D eigenvalue weighted by molar-refractivity contribution is 6.42. The van der Waals surface area contributed by atoms with E-state index in [0.717, 1.165) is 17.0 Å². The zero-order valence-electron chi connectivity index (χ0n) is 15.7. The van der Waals surface area contributed by atoms with Crippen molar-refractivity contribution < 1.29 is 4.79 Å². The van der Waals surface area contributed by atoms with E-state index in [1.165, 1.54) is 0 Å². The smallest absolute Gasteiger partial charge is 0.252 e. The molecule has 0 bridgehead atoms. The van der Waals surface area contributed by atoms with Gasteiger partial charge < -0.3 is 5.32 Å². The number of carbonyl (C=O) groups is 1. The quantitative estimate of drug-likeness (QED) is 0.702. The lowest BCUT2D eigenvalue weighted by molar-refractivity contribution is -0.120. The van der Waals surface area contributed by atoms with Gasteiger partial charge in [-0.2, -0.15) is 4.98 Å². The van der Waals surface area contributed by atoms with Crippen LogP contribution in [0.2, 0.25) is 10.0 Å². The van der Waals surface area contributed by atoms with Gasteiger partial charge in [0.25, 0.3) is 5.78 Å². The number of aromatic nitrogens is 4. The van der Waals surface area contributed by atoms with E-state index in [4.69, 9.17) is 23.2 Å². The Hall–Kier alpha value is -2.18. The highest BCUT2D eigenvalue weighted by Crippen LogP contribution is 2.29. The average molecular weight is 406 g/mol. The first-order valence-electron chi connectivity index (χ1n) is 8.58. The van der Waals surface area contributed by atoms with Gasteiger partial charge in [-0.25, -0.2) is 9.50 Å². The first kappa shape index (κ1) is 19.6. The number of nitrogens with one attached hydrogen (secondary N) is 1. The monoisotopic (exact) mass is 405 g/mol. The molecule has 27 heavy (non-hydrogen) atoms. The molecule has 0 aliphatic heterocycles. The largest absolute Gasteiger partial charge is 0.355 e. The zero-order chi connectivity index (χ0) is 19.8. The van der Waals surface area contributed by atoms with Crippen LogP contribution < -0.4 is 5.32 Å². The molecule has 8 heteroatoms. The summed E-state index contributed by atoms with van der Waals surface area (Å²) in [6.07, 6.45) is 0.0965. The van der Waals surface area contributed by atoms with Gasteiger partial charge in [0.15, 0.2) is 5.82 Å². The molecule has 0 unspecified atom stereocenters. The maximum Gasteiger partial charge on any atom is 0.252 e. The molecule has 6 nitrogen and oxygen atoms in total. The minimum absolute atomic E-state index is 0.0965. The third-order valence-corrected chi connectivity index (χ3v) is 5.15. The van der Waals surface area contributed by atoms with Crippen LogP contribution in [-0.4, -0.2) is 32.0 Å². The predicted molar refractivity (Wildman–Crippen MR) is 106 cm³/mol. The molecule has 0 saturated heterocycles. The van der Waals surface area contributed by atoms with Gasteiger partial charge in [-0.3, -0.25) is 4.79 Å². The van der Waals surface area contributed by atoms with E-state index < -0.39 is 0 Å². The van der Waals surface area contributed by atoms with Crippen molar-refractivity contribution in [3.8, 4) is 0 Å². The van der Waals surface area contributed by atoms with Crippen LogP contribution in [0.3, 0.4) is 0 Å². The molecule has 0 atom stereocenters. The Morgan fingerprint density at radius 1 is 1.15 bits per heavy atom. The molecule has 142 valence electrons. The fourth-order valence-electron chi connectivity index (χ4n) is 2.83. The zero-order valence-corrected chi connectivity index (χ0v) is 17.2. The molecule has 0 radical (unpaired) electrons. The fourth-order valence-corrected chi connectivity index (χ4v) is 3.13. The van der Waals surface area contributed by atoms with Crippen molar-refractivity contribution in [3.63, 3.8) is 0 Å². The fraction of sp³-hybridized carbons (Fsp3) is 0.368. The Morgan fingerprint density at radius 2 is 1.89 bits per heavy atom. The lowest BCUT2D eigenvalue weighted by atomic mass is 9.84. The number of hydrogen-bond donors (Lipinski definition) is 1. The minimum atomic E-state index is -0.300. The first-order chi connectivity index (χ1) is 12.7. The van der Waals surface area contributed by atoms with Crippen molar-refractivity contribution in [1.82, 2.24) is 24.9 Å². The number of nitrogens with zero attached hydrogens (tertiary/aromatic N) is 4. The molecule has 0 fully saturated rings. The van der Waals surface area contributed by atoms with Crippen LogP contribution in [0, 0.1) is 13.8 Å². The van der Waals surface area contributed by atoms with E-state index in [1.807, 2.05) is 45.9 Å². The summed E-state index contributed by atoms with van der Waals surface area (Å²) in [6.45, 7) is 8.35. The number of fused-ring (bicyclic) bond motifs is 1. The summed E-state index contributed by atoms with van der Waals surface area (Å²) in [5.41, 5.74) is 2.49. The van der Waals surface area contributed by atoms with Gasteiger partial charge in [0.2, 0.25) is 5.91 Å². The molecule has 0 spiro atoms. The second-order valence-electron chi connectivity index (χ2n) is 7.25. The molecule has 1 amide bonds. The molecule has 2 heterocycles. The topological polar surface area (TPSA) is 72.2 Å². The SMILES string of the molecule is Cc1cc(C)n2nc(CC(=O)NCC(C)(C)c3ccc(Cl)c(Cl)c3)nc2n1. The van der Waals surface area contributed by atoms with E-state index >= 15 is 0 Å². The molecule has 0 aliphatic rings. The van der Waals surface area contributed by atoms with E-state index in [1.54, 1.807) is 10.6 Å². The summed E-state index contributed by atoms with van der Waals surface area (Å²) >= 11 is 12.1. The highest BCUT2D eigenvalue weighted by Gasteiger charge is 2.23. The van der Waals surface area contributed by atoms with Crippen molar-refractivity contribution in [2.75, 3.05) is 6.54 Å². The van der Waals surface area contributed by atoms with Crippen LogP contribution in [0.25, 0.3) is 5.78 Å². The second-order valence-corrected chi connectivity index (χ2v) is 8.06. The van der Waals surface area contributed by atoms with Crippen LogP contribution in [0.4, 0.5) is 0 Å². The molecule has 0 saturated carbocycles. The Labute approximate surface area is 167 Å². The summed E-state index contributed by atoms with van der Waals surface area (Å²) in [5, 5.41) is 8.33. The molecule has 2 aromatic heterocycles. The predicted octanol–water partition coefficient (Wildman–Crippen LogP) is 3.68. The molecule has 3 aromatic rings. The summed E-state index contributed by atoms with van der Waals surface area (Å²) in [7, 11) is 0. The Kier molecular flexibility index (Phi) is 5.40. The molecular weight excluding hydrogens is 385 g/mol. The van der Waals surface area contributed by atoms with Crippen LogP contribution in [0.15, 0.2) is 24.3 Å². The average Bonchev–Trinajstić information content (AvgIpc) is 2.98. The number of amides is 1. The number of aryl methyl sites for hydroxylation is 2. The van der Waals surface area contributed by atoms with Gasteiger partial charge in [-0.1, -0.05) is 43.1 Å². The number of rotatable bonds is 5. The lowest BCUT2D eigenvalue weighted by Crippen LogP contribution is -2.37. The van der Waals surface area contributed by atoms with E-state index in [2.05, 4.69) is 20.4 Å². The lowest BCUT2D eigenvalue weighted by Gasteiger charge is -2.26. The Morgan fingerprint density at radius 3 is 2.59 bits per heavy atom. The Balaban J connectivity index is 1.67. The summed E-state index contributed by atoms with van der Waals surface area (Å²) in [4.78, 5) is 21.1. The number of hydrogen-bond acceptors (Lipinski definition) is 4. The van der Waals surface area contributed by atoms with Crippen molar-refractivity contribution >= 4 is 34.9 Å². The minimum Gasteiger partial charge on any atom is -0.355 e. The maximum absolute atomic E-state index is 12.4. The summed E-state index contributed by atoms with van der Waals surface area (Å²) < 4.78 is 1.65. The van der Waals surface area contributed by atoms with Gasteiger partial charge >= 0.3 is 0 Å². The van der Waals surface area contributed by atoms with E-state index in [-0.39, 0.29) is 17.7 Å². The second kappa shape index (κ2) is 7.44. The van der Waals surface area contributed by atoms with E-state index in [0.29, 0.717) is 28.2 Å². The van der Waals surface area contributed by atoms with Gasteiger partial charge in [0, 0.05) is 23.3 Å². The van der Waals surface area contributed by atoms with E-state index in [9.17, 15) is 4.79 Å². The van der Waals surface area contributed by atoms with Crippen LogP contribution in [0.1, 0.15) is 36.6 Å². The highest BCUT2D eigenvalue weighted by atomic mass is 35.5. The van der Waals surface area contributed by atoms with Gasteiger partial charge in [0.05, 0.1) is 16.5 Å². The normalized spacial score (nSPS) is 11.8. The first-order valence-corrected chi connectivity index (χ1v) is 9.33. The van der Waals surface area contributed by atoms with Crippen molar-refractivity contribution in [2.24, 2.45) is 0 Å². The molecule has 3 rings (SSSR count). The third kappa shape index (κ3) is 4.39. The Bertz CT molecular complexity index is 1010. The van der Waals surface area contributed by atoms with Gasteiger partial charge in [0.1, 0.15) is 0 Å². The standard InChI is InChI=1S/C19H21Cl2N5O/c1-11-7-12(2)26-18(23-11)24-16(25-26)9-17(27)22-10-19(3,4)13-5-6-14(20)15(21)8-13/h5-8H,9-10H2,1-4H3,(H,22,27). The van der Waals surface area contributed by atoms with Crippen LogP contribution in [0.5, 0.6) is 0 Å². The van der Waals surface area contributed by atoms with Crippen LogP contribution >= 0.6 is 23.2 Å². The molecule has 1 N–H and O–H groups in total. The maximum atomic E-state index is 12.4. The van der Waals surface area contributed by atoms with Crippen molar-refractivity contribution in [1.29, 1.82) is 0 Å². The number of halogens is 2. The summed E-state index contributed by atoms with van der Waals surface area (Å²) in [5.74, 6) is 0.806. The molecular formula is C19H21Cl2N5O. The van der Waals surface area contributed by atoms with Gasteiger partial charge in [-0.15, -0.1) is 5.10 Å². The van der Waals surface area contributed by atoms with Crippen LogP contribution in [-0.2, 0) is 16.6 Å². The number of benzene rings is 1. The summed E-state index contributed by atoms with van der Waals surface area (Å²) in [6, 6.07) is 7.43. The van der Waals surface area contributed by atoms with Crippen molar-refractivity contribution in [2.45, 2.75) is 39.5 Å². The third-order valence-electron chi connectivity index (χ3n) is 4.41. The molecule has 0 aliphatic carbocycles. The number of carbonyl (C=O) groups excluding carboxylic acids is 1. The van der Waals surface area contributed by atoms with Gasteiger partial charge in [-0.05, 0) is 37.6 Å². The van der Waals surface area contributed by atoms with Crippen molar-refractivity contribution in [3.05, 3.63) is 57.1 Å². The molecule has 1 aromatic carbocycles.